The van der Waals surface area contributed by atoms with E-state index in [1.54, 1.807) is 17.4 Å². The Morgan fingerprint density at radius 2 is 2.21 bits per heavy atom. The molecule has 1 aliphatic carbocycles. The number of hydrogen-bond donors (Lipinski definition) is 1. The normalized spacial score (nSPS) is 16.4. The standard InChI is InChI=1S/C11H11NOS/c1-6-12-9-5-10(13)8(7-2-3-7)4-11(9)14-6/h4-5,7,13H,2-3H2,1H3. The molecule has 0 aliphatic heterocycles. The highest BCUT2D eigenvalue weighted by atomic mass is 32.1. The number of phenols is 1. The van der Waals surface area contributed by atoms with Crippen LogP contribution in [-0.2, 0) is 0 Å². The van der Waals surface area contributed by atoms with E-state index in [2.05, 4.69) is 11.1 Å². The second kappa shape index (κ2) is 2.70. The lowest BCUT2D eigenvalue weighted by Gasteiger charge is -2.01. The van der Waals surface area contributed by atoms with Gasteiger partial charge in [-0.3, -0.25) is 0 Å². The molecule has 0 radical (unpaired) electrons. The summed E-state index contributed by atoms with van der Waals surface area (Å²) in [4.78, 5) is 4.35. The van der Waals surface area contributed by atoms with Crippen molar-refractivity contribution >= 4 is 21.6 Å². The van der Waals surface area contributed by atoms with Crippen LogP contribution in [0, 0.1) is 6.92 Å². The summed E-state index contributed by atoms with van der Waals surface area (Å²) in [6.45, 7) is 2.00. The summed E-state index contributed by atoms with van der Waals surface area (Å²) in [7, 11) is 0. The number of aromatic hydroxyl groups is 1. The van der Waals surface area contributed by atoms with Crippen molar-refractivity contribution in [2.24, 2.45) is 0 Å². The molecule has 0 saturated heterocycles. The molecule has 1 aliphatic rings. The zero-order valence-corrected chi connectivity index (χ0v) is 8.77. The lowest BCUT2D eigenvalue weighted by Crippen LogP contribution is -1.80. The molecule has 14 heavy (non-hydrogen) atoms. The van der Waals surface area contributed by atoms with Crippen molar-refractivity contribution in [2.75, 3.05) is 0 Å². The zero-order chi connectivity index (χ0) is 9.71. The van der Waals surface area contributed by atoms with E-state index in [0.29, 0.717) is 11.7 Å². The zero-order valence-electron chi connectivity index (χ0n) is 7.95. The highest BCUT2D eigenvalue weighted by Crippen LogP contribution is 2.45. The molecule has 0 atom stereocenters. The van der Waals surface area contributed by atoms with Gasteiger partial charge in [0.1, 0.15) is 5.75 Å². The van der Waals surface area contributed by atoms with Gasteiger partial charge in [0.05, 0.1) is 15.2 Å². The molecule has 0 spiro atoms. The van der Waals surface area contributed by atoms with E-state index < -0.39 is 0 Å². The number of hydrogen-bond acceptors (Lipinski definition) is 3. The van der Waals surface area contributed by atoms with Gasteiger partial charge >= 0.3 is 0 Å². The first-order valence-electron chi connectivity index (χ1n) is 4.84. The third kappa shape index (κ3) is 1.20. The van der Waals surface area contributed by atoms with Gasteiger partial charge in [0, 0.05) is 6.07 Å². The van der Waals surface area contributed by atoms with Crippen molar-refractivity contribution in [1.82, 2.24) is 4.98 Å². The Morgan fingerprint density at radius 1 is 1.43 bits per heavy atom. The van der Waals surface area contributed by atoms with Gasteiger partial charge in [-0.25, -0.2) is 4.98 Å². The maximum absolute atomic E-state index is 9.79. The summed E-state index contributed by atoms with van der Waals surface area (Å²) in [5.41, 5.74) is 2.04. The molecule has 0 bridgehead atoms. The molecule has 2 aromatic rings. The monoisotopic (exact) mass is 205 g/mol. The van der Waals surface area contributed by atoms with Gasteiger partial charge in [-0.15, -0.1) is 11.3 Å². The van der Waals surface area contributed by atoms with Crippen LogP contribution >= 0.6 is 11.3 Å². The summed E-state index contributed by atoms with van der Waals surface area (Å²) >= 11 is 1.70. The van der Waals surface area contributed by atoms with Crippen molar-refractivity contribution in [3.8, 4) is 5.75 Å². The molecule has 2 nitrogen and oxygen atoms in total. The van der Waals surface area contributed by atoms with Gasteiger partial charge in [0.15, 0.2) is 0 Å². The lowest BCUT2D eigenvalue weighted by molar-refractivity contribution is 0.469. The summed E-state index contributed by atoms with van der Waals surface area (Å²) < 4.78 is 1.20. The SMILES string of the molecule is Cc1nc2cc(O)c(C3CC3)cc2s1. The summed E-state index contributed by atoms with van der Waals surface area (Å²) in [5.74, 6) is 1.02. The average molecular weight is 205 g/mol. The van der Waals surface area contributed by atoms with E-state index in [0.717, 1.165) is 16.1 Å². The van der Waals surface area contributed by atoms with Crippen LogP contribution in [0.3, 0.4) is 0 Å². The second-order valence-electron chi connectivity index (χ2n) is 3.89. The molecule has 72 valence electrons. The van der Waals surface area contributed by atoms with Gasteiger partial charge in [-0.05, 0) is 37.3 Å². The molecule has 3 rings (SSSR count). The fourth-order valence-corrected chi connectivity index (χ4v) is 2.67. The third-order valence-electron chi connectivity index (χ3n) is 2.66. The third-order valence-corrected chi connectivity index (χ3v) is 3.59. The van der Waals surface area contributed by atoms with Gasteiger partial charge < -0.3 is 5.11 Å². The molecule has 3 heteroatoms. The Hall–Kier alpha value is -1.09. The predicted octanol–water partition coefficient (Wildman–Crippen LogP) is 3.19. The fourth-order valence-electron chi connectivity index (χ4n) is 1.82. The van der Waals surface area contributed by atoms with Crippen molar-refractivity contribution in [3.05, 3.63) is 22.7 Å². The molecule has 1 fully saturated rings. The maximum atomic E-state index is 9.79. The van der Waals surface area contributed by atoms with E-state index in [-0.39, 0.29) is 0 Å². The van der Waals surface area contributed by atoms with Crippen LogP contribution in [0.15, 0.2) is 12.1 Å². The van der Waals surface area contributed by atoms with Gasteiger partial charge in [-0.2, -0.15) is 0 Å². The smallest absolute Gasteiger partial charge is 0.121 e. The van der Waals surface area contributed by atoms with Crippen LogP contribution in [0.4, 0.5) is 0 Å². The number of nitrogens with zero attached hydrogens (tertiary/aromatic N) is 1. The number of rotatable bonds is 1. The number of phenolic OH excluding ortho intramolecular Hbond substituents is 1. The van der Waals surface area contributed by atoms with Gasteiger partial charge in [-0.1, -0.05) is 0 Å². The quantitative estimate of drug-likeness (QED) is 0.775. The maximum Gasteiger partial charge on any atom is 0.121 e. The molecule has 1 heterocycles. The van der Waals surface area contributed by atoms with Crippen molar-refractivity contribution < 1.29 is 5.11 Å². The van der Waals surface area contributed by atoms with E-state index >= 15 is 0 Å². The topological polar surface area (TPSA) is 33.1 Å². The number of aromatic nitrogens is 1. The Morgan fingerprint density at radius 3 is 2.93 bits per heavy atom. The van der Waals surface area contributed by atoms with E-state index in [9.17, 15) is 5.11 Å². The van der Waals surface area contributed by atoms with Crippen molar-refractivity contribution in [3.63, 3.8) is 0 Å². The highest BCUT2D eigenvalue weighted by molar-refractivity contribution is 7.18. The molecule has 1 saturated carbocycles. The molecule has 1 aromatic carbocycles. The Bertz CT molecular complexity index is 499. The van der Waals surface area contributed by atoms with Crippen LogP contribution in [-0.4, -0.2) is 10.1 Å². The van der Waals surface area contributed by atoms with Crippen LogP contribution in [0.1, 0.15) is 29.3 Å². The van der Waals surface area contributed by atoms with E-state index in [1.807, 2.05) is 6.92 Å². The van der Waals surface area contributed by atoms with Crippen molar-refractivity contribution in [1.29, 1.82) is 0 Å². The first kappa shape index (κ1) is 8.24. The minimum absolute atomic E-state index is 0.422. The highest BCUT2D eigenvalue weighted by Gasteiger charge is 2.26. The molecule has 1 N–H and O–H groups in total. The Labute approximate surface area is 86.2 Å². The largest absolute Gasteiger partial charge is 0.508 e. The van der Waals surface area contributed by atoms with Crippen LogP contribution in [0.5, 0.6) is 5.75 Å². The molecule has 0 amide bonds. The first-order chi connectivity index (χ1) is 6.74. The van der Waals surface area contributed by atoms with Crippen LogP contribution in [0.25, 0.3) is 10.2 Å². The van der Waals surface area contributed by atoms with E-state index in [1.165, 1.54) is 17.5 Å². The minimum Gasteiger partial charge on any atom is -0.508 e. The second-order valence-corrected chi connectivity index (χ2v) is 5.12. The fraction of sp³-hybridized carbons (Fsp3) is 0.364. The number of benzene rings is 1. The van der Waals surface area contributed by atoms with Crippen LogP contribution < -0.4 is 0 Å². The molecular weight excluding hydrogens is 194 g/mol. The lowest BCUT2D eigenvalue weighted by atomic mass is 10.1. The van der Waals surface area contributed by atoms with Crippen LogP contribution in [0.2, 0.25) is 0 Å². The predicted molar refractivity (Wildman–Crippen MR) is 58.0 cm³/mol. The summed E-state index contributed by atoms with van der Waals surface area (Å²) in [5, 5.41) is 10.9. The number of aryl methyl sites for hydroxylation is 1. The number of fused-ring (bicyclic) bond motifs is 1. The average Bonchev–Trinajstić information content (AvgIpc) is 2.88. The molecule has 0 unspecified atom stereocenters. The summed E-state index contributed by atoms with van der Waals surface area (Å²) in [6.07, 6.45) is 2.44. The minimum atomic E-state index is 0.422. The Kier molecular flexibility index (Phi) is 1.59. The van der Waals surface area contributed by atoms with Gasteiger partial charge in [0.2, 0.25) is 0 Å². The van der Waals surface area contributed by atoms with E-state index in [4.69, 9.17) is 0 Å². The van der Waals surface area contributed by atoms with Gasteiger partial charge in [0.25, 0.3) is 0 Å². The molecular formula is C11H11NOS. The number of thiazole rings is 1. The van der Waals surface area contributed by atoms with Crippen molar-refractivity contribution in [2.45, 2.75) is 25.7 Å². The Balaban J connectivity index is 2.25. The molecule has 1 aromatic heterocycles. The summed E-state index contributed by atoms with van der Waals surface area (Å²) in [6, 6.07) is 3.90. The first-order valence-corrected chi connectivity index (χ1v) is 5.66.